The van der Waals surface area contributed by atoms with E-state index in [1.807, 2.05) is 25.1 Å². The Morgan fingerprint density at radius 1 is 1.26 bits per heavy atom. The average Bonchev–Trinajstić information content (AvgIpc) is 3.17. The summed E-state index contributed by atoms with van der Waals surface area (Å²) in [6.45, 7) is 3.22. The Hall–Kier alpha value is -3.48. The van der Waals surface area contributed by atoms with Gasteiger partial charge in [0.1, 0.15) is 11.6 Å². The number of fused-ring (bicyclic) bond motifs is 3. The smallest absolute Gasteiger partial charge is 0.255 e. The quantitative estimate of drug-likeness (QED) is 0.643. The molecule has 7 heteroatoms. The molecule has 3 aromatic rings. The van der Waals surface area contributed by atoms with Crippen molar-refractivity contribution in [2.24, 2.45) is 11.8 Å². The van der Waals surface area contributed by atoms with Crippen molar-refractivity contribution in [1.29, 1.82) is 0 Å². The third-order valence-electron chi connectivity index (χ3n) is 5.98. The Balaban J connectivity index is 1.46. The van der Waals surface area contributed by atoms with Crippen LogP contribution in [0.2, 0.25) is 0 Å². The van der Waals surface area contributed by atoms with Crippen LogP contribution in [0.1, 0.15) is 27.7 Å². The van der Waals surface area contributed by atoms with Crippen molar-refractivity contribution in [3.05, 3.63) is 83.6 Å². The molecule has 2 aromatic heterocycles. The molecule has 1 fully saturated rings. The Labute approximate surface area is 179 Å². The van der Waals surface area contributed by atoms with E-state index in [4.69, 9.17) is 9.47 Å². The van der Waals surface area contributed by atoms with Crippen LogP contribution in [0.5, 0.6) is 11.6 Å². The van der Waals surface area contributed by atoms with Crippen LogP contribution in [0.4, 0.5) is 4.39 Å². The van der Waals surface area contributed by atoms with Crippen molar-refractivity contribution in [2.75, 3.05) is 19.8 Å². The summed E-state index contributed by atoms with van der Waals surface area (Å²) in [6.07, 6.45) is 3.19. The van der Waals surface area contributed by atoms with Gasteiger partial charge in [-0.2, -0.15) is 0 Å². The minimum atomic E-state index is -0.347. The predicted octanol–water partition coefficient (Wildman–Crippen LogP) is 3.83. The normalized spacial score (nSPS) is 21.7. The maximum absolute atomic E-state index is 14.1. The summed E-state index contributed by atoms with van der Waals surface area (Å²) in [5.74, 6) is 0.700. The molecule has 4 heterocycles. The third-order valence-corrected chi connectivity index (χ3v) is 5.98. The van der Waals surface area contributed by atoms with Gasteiger partial charge in [0.15, 0.2) is 0 Å². The van der Waals surface area contributed by atoms with Crippen LogP contribution in [-0.4, -0.2) is 40.5 Å². The fourth-order valence-corrected chi connectivity index (χ4v) is 4.52. The lowest BCUT2D eigenvalue weighted by molar-refractivity contribution is 0.0673. The number of aromatic nitrogens is 2. The van der Waals surface area contributed by atoms with Gasteiger partial charge < -0.3 is 14.4 Å². The van der Waals surface area contributed by atoms with Gasteiger partial charge in [0.25, 0.3) is 5.91 Å². The number of aryl methyl sites for hydroxylation is 1. The van der Waals surface area contributed by atoms with E-state index >= 15 is 0 Å². The number of hydrogen-bond donors (Lipinski definition) is 0. The van der Waals surface area contributed by atoms with E-state index in [0.29, 0.717) is 42.5 Å². The van der Waals surface area contributed by atoms with Crippen LogP contribution in [0.3, 0.4) is 0 Å². The number of rotatable bonds is 4. The van der Waals surface area contributed by atoms with Gasteiger partial charge in [0, 0.05) is 48.1 Å². The standard InChI is InChI=1S/C24H22FN3O3/c1-15-4-2-6-22(27-15)31-13-17-12-28(24(29)16-5-3-9-26-11-16)23-19-10-18(25)7-8-21(19)30-14-20(17)23/h2-11,17,20,23H,12-14H2,1H3/t17-,20-,23-/m0/s1. The number of likely N-dealkylation sites (tertiary alicyclic amines) is 1. The summed E-state index contributed by atoms with van der Waals surface area (Å²) >= 11 is 0. The van der Waals surface area contributed by atoms with Crippen molar-refractivity contribution in [3.8, 4) is 11.6 Å². The molecule has 0 unspecified atom stereocenters. The first-order valence-corrected chi connectivity index (χ1v) is 10.3. The maximum atomic E-state index is 14.1. The van der Waals surface area contributed by atoms with Gasteiger partial charge in [-0.3, -0.25) is 9.78 Å². The minimum absolute atomic E-state index is 0.0141. The molecule has 2 aliphatic heterocycles. The zero-order valence-electron chi connectivity index (χ0n) is 17.1. The molecule has 0 bridgehead atoms. The topological polar surface area (TPSA) is 64.5 Å². The van der Waals surface area contributed by atoms with Crippen LogP contribution in [0, 0.1) is 24.6 Å². The van der Waals surface area contributed by atoms with Gasteiger partial charge in [-0.1, -0.05) is 6.07 Å². The van der Waals surface area contributed by atoms with Crippen LogP contribution in [0.25, 0.3) is 0 Å². The summed E-state index contributed by atoms with van der Waals surface area (Å²) in [7, 11) is 0. The van der Waals surface area contributed by atoms with E-state index in [0.717, 1.165) is 5.69 Å². The summed E-state index contributed by atoms with van der Waals surface area (Å²) in [4.78, 5) is 23.6. The second-order valence-electron chi connectivity index (χ2n) is 7.99. The SMILES string of the molecule is Cc1cccc(OC[C@@H]2CN(C(=O)c3cccnc3)[C@H]3c4cc(F)ccc4OC[C@@H]23)n1. The largest absolute Gasteiger partial charge is 0.493 e. The summed E-state index contributed by atoms with van der Waals surface area (Å²) < 4.78 is 26.0. The fourth-order valence-electron chi connectivity index (χ4n) is 4.52. The molecule has 5 rings (SSSR count). The first-order valence-electron chi connectivity index (χ1n) is 10.3. The number of carbonyl (C=O) groups excluding carboxylic acids is 1. The van der Waals surface area contributed by atoms with E-state index in [-0.39, 0.29) is 29.6 Å². The van der Waals surface area contributed by atoms with Crippen molar-refractivity contribution in [2.45, 2.75) is 13.0 Å². The number of pyridine rings is 2. The zero-order valence-corrected chi connectivity index (χ0v) is 17.1. The Kier molecular flexibility index (Phi) is 5.02. The van der Waals surface area contributed by atoms with E-state index in [2.05, 4.69) is 9.97 Å². The van der Waals surface area contributed by atoms with Crippen molar-refractivity contribution in [3.63, 3.8) is 0 Å². The van der Waals surface area contributed by atoms with Crippen LogP contribution in [0.15, 0.2) is 60.9 Å². The number of nitrogens with zero attached hydrogens (tertiary/aromatic N) is 3. The van der Waals surface area contributed by atoms with Crippen LogP contribution < -0.4 is 9.47 Å². The van der Waals surface area contributed by atoms with Gasteiger partial charge >= 0.3 is 0 Å². The second-order valence-corrected chi connectivity index (χ2v) is 7.99. The van der Waals surface area contributed by atoms with Crippen LogP contribution in [-0.2, 0) is 0 Å². The number of halogens is 1. The predicted molar refractivity (Wildman–Crippen MR) is 111 cm³/mol. The Bertz CT molecular complexity index is 1110. The van der Waals surface area contributed by atoms with Gasteiger partial charge in [0.2, 0.25) is 5.88 Å². The number of benzene rings is 1. The van der Waals surface area contributed by atoms with Crippen LogP contribution >= 0.6 is 0 Å². The average molecular weight is 419 g/mol. The molecule has 158 valence electrons. The molecule has 2 aliphatic rings. The first kappa shape index (κ1) is 19.5. The molecule has 0 N–H and O–H groups in total. The molecule has 0 radical (unpaired) electrons. The summed E-state index contributed by atoms with van der Waals surface area (Å²) in [6, 6.07) is 13.3. The van der Waals surface area contributed by atoms with Crippen molar-refractivity contribution >= 4 is 5.91 Å². The number of ether oxygens (including phenoxy) is 2. The maximum Gasteiger partial charge on any atom is 0.255 e. The van der Waals surface area contributed by atoms with Gasteiger partial charge in [-0.15, -0.1) is 0 Å². The third kappa shape index (κ3) is 3.71. The summed E-state index contributed by atoms with van der Waals surface area (Å²) in [5.41, 5.74) is 2.08. The zero-order chi connectivity index (χ0) is 21.4. The monoisotopic (exact) mass is 419 g/mol. The molecule has 6 nitrogen and oxygen atoms in total. The molecule has 3 atom stereocenters. The highest BCUT2D eigenvalue weighted by molar-refractivity contribution is 5.94. The van der Waals surface area contributed by atoms with E-state index < -0.39 is 0 Å². The number of hydrogen-bond acceptors (Lipinski definition) is 5. The Morgan fingerprint density at radius 3 is 2.97 bits per heavy atom. The lowest BCUT2D eigenvalue weighted by atomic mass is 9.85. The highest BCUT2D eigenvalue weighted by Gasteiger charge is 2.48. The molecule has 0 aliphatic carbocycles. The molecular weight excluding hydrogens is 397 g/mol. The van der Waals surface area contributed by atoms with E-state index in [1.165, 1.54) is 12.1 Å². The van der Waals surface area contributed by atoms with Gasteiger partial charge in [-0.25, -0.2) is 9.37 Å². The molecule has 1 amide bonds. The van der Waals surface area contributed by atoms with E-state index in [9.17, 15) is 9.18 Å². The lowest BCUT2D eigenvalue weighted by Crippen LogP contribution is -2.35. The first-order chi connectivity index (χ1) is 15.1. The number of amides is 1. The molecule has 1 aromatic carbocycles. The minimum Gasteiger partial charge on any atom is -0.493 e. The van der Waals surface area contributed by atoms with Crippen molar-refractivity contribution in [1.82, 2.24) is 14.9 Å². The molecular formula is C24H22FN3O3. The van der Waals surface area contributed by atoms with Gasteiger partial charge in [-0.05, 0) is 43.3 Å². The highest BCUT2D eigenvalue weighted by atomic mass is 19.1. The molecule has 1 saturated heterocycles. The summed E-state index contributed by atoms with van der Waals surface area (Å²) in [5, 5.41) is 0. The molecule has 0 saturated carbocycles. The molecule has 31 heavy (non-hydrogen) atoms. The van der Waals surface area contributed by atoms with E-state index in [1.54, 1.807) is 35.5 Å². The highest BCUT2D eigenvalue weighted by Crippen LogP contribution is 2.48. The lowest BCUT2D eigenvalue weighted by Gasteiger charge is -2.34. The number of carbonyl (C=O) groups is 1. The Morgan fingerprint density at radius 2 is 2.16 bits per heavy atom. The fraction of sp³-hybridized carbons (Fsp3) is 0.292. The second kappa shape index (κ2) is 7.98. The van der Waals surface area contributed by atoms with Gasteiger partial charge in [0.05, 0.1) is 24.8 Å². The van der Waals surface area contributed by atoms with Crippen molar-refractivity contribution < 1.29 is 18.7 Å². The molecule has 0 spiro atoms.